The maximum atomic E-state index is 5.87. The minimum Gasteiger partial charge on any atom is -0.370 e. The quantitative estimate of drug-likeness (QED) is 0.645. The summed E-state index contributed by atoms with van der Waals surface area (Å²) in [5.74, 6) is 0.200. The normalized spacial score (nSPS) is 17.6. The molecule has 2 rings (SSSR count). The van der Waals surface area contributed by atoms with Crippen LogP contribution in [0.3, 0.4) is 0 Å². The number of hydrogen-bond acceptors (Lipinski definition) is 2. The average Bonchev–Trinajstić information content (AvgIpc) is 2.34. The van der Waals surface area contributed by atoms with Gasteiger partial charge in [-0.3, -0.25) is 9.89 Å². The number of halogens is 1. The van der Waals surface area contributed by atoms with Gasteiger partial charge in [0.2, 0.25) is 0 Å². The number of nitrogens with zero attached hydrogens (tertiary/aromatic N) is 2. The number of guanidine groups is 1. The van der Waals surface area contributed by atoms with Gasteiger partial charge in [0, 0.05) is 24.7 Å². The van der Waals surface area contributed by atoms with Gasteiger partial charge in [-0.25, -0.2) is 0 Å². The second-order valence-electron chi connectivity index (χ2n) is 4.69. The van der Waals surface area contributed by atoms with E-state index in [1.54, 1.807) is 0 Å². The second-order valence-corrected chi connectivity index (χ2v) is 5.12. The molecule has 0 aliphatic carbocycles. The Balaban J connectivity index is 1.83. The first-order chi connectivity index (χ1) is 8.63. The molecule has 4 N–H and O–H groups in total. The molecule has 0 radical (unpaired) electrons. The summed E-state index contributed by atoms with van der Waals surface area (Å²) in [6.45, 7) is 3.03. The number of benzene rings is 1. The van der Waals surface area contributed by atoms with Crippen molar-refractivity contribution in [2.45, 2.75) is 25.4 Å². The number of nitrogens with two attached hydrogens (primary N) is 2. The molecule has 1 aromatic carbocycles. The maximum absolute atomic E-state index is 5.87. The number of hydrogen-bond donors (Lipinski definition) is 2. The molecule has 0 saturated carbocycles. The Kier molecular flexibility index (Phi) is 4.44. The van der Waals surface area contributed by atoms with E-state index in [0.29, 0.717) is 0 Å². The van der Waals surface area contributed by atoms with E-state index >= 15 is 0 Å². The topological polar surface area (TPSA) is 67.6 Å². The third-order valence-electron chi connectivity index (χ3n) is 3.21. The van der Waals surface area contributed by atoms with Crippen LogP contribution in [-0.2, 0) is 6.54 Å². The van der Waals surface area contributed by atoms with Crippen molar-refractivity contribution < 1.29 is 0 Å². The molecular weight excluding hydrogens is 248 g/mol. The molecule has 1 aliphatic rings. The first kappa shape index (κ1) is 13.2. The Labute approximate surface area is 113 Å². The molecule has 0 spiro atoms. The van der Waals surface area contributed by atoms with Gasteiger partial charge in [-0.1, -0.05) is 23.7 Å². The van der Waals surface area contributed by atoms with Crippen LogP contribution in [0.2, 0.25) is 5.02 Å². The highest BCUT2D eigenvalue weighted by Crippen LogP contribution is 2.17. The fourth-order valence-corrected chi connectivity index (χ4v) is 2.39. The lowest BCUT2D eigenvalue weighted by Gasteiger charge is -2.30. The molecule has 0 bridgehead atoms. The summed E-state index contributed by atoms with van der Waals surface area (Å²) in [5.41, 5.74) is 12.1. The first-order valence-electron chi connectivity index (χ1n) is 6.19. The maximum Gasteiger partial charge on any atom is 0.186 e. The summed E-state index contributed by atoms with van der Waals surface area (Å²) in [7, 11) is 0. The van der Waals surface area contributed by atoms with E-state index in [9.17, 15) is 0 Å². The Morgan fingerprint density at radius 2 is 1.83 bits per heavy atom. The first-order valence-corrected chi connectivity index (χ1v) is 6.57. The predicted octanol–water partition coefficient (Wildman–Crippen LogP) is 1.58. The standard InChI is InChI=1S/C13H19ClN4/c14-11-3-1-10(2-4-11)9-18-7-5-12(6-8-18)17-13(15)16/h1-4,12H,5-9H2,(H4,15,16,17). The van der Waals surface area contributed by atoms with Gasteiger partial charge in [-0.05, 0) is 30.5 Å². The molecule has 5 heteroatoms. The van der Waals surface area contributed by atoms with Gasteiger partial charge in [-0.15, -0.1) is 0 Å². The van der Waals surface area contributed by atoms with Crippen molar-refractivity contribution in [3.63, 3.8) is 0 Å². The van der Waals surface area contributed by atoms with Crippen molar-refractivity contribution in [2.24, 2.45) is 16.5 Å². The molecule has 0 aromatic heterocycles. The van der Waals surface area contributed by atoms with Gasteiger partial charge in [0.05, 0.1) is 6.04 Å². The molecule has 18 heavy (non-hydrogen) atoms. The highest BCUT2D eigenvalue weighted by molar-refractivity contribution is 6.30. The largest absolute Gasteiger partial charge is 0.370 e. The van der Waals surface area contributed by atoms with Crippen molar-refractivity contribution in [1.82, 2.24) is 4.90 Å². The molecule has 0 unspecified atom stereocenters. The number of likely N-dealkylation sites (tertiary alicyclic amines) is 1. The molecule has 1 aromatic rings. The average molecular weight is 267 g/mol. The summed E-state index contributed by atoms with van der Waals surface area (Å²) in [6.07, 6.45) is 2.04. The van der Waals surface area contributed by atoms with Crippen LogP contribution in [0.15, 0.2) is 29.3 Å². The van der Waals surface area contributed by atoms with E-state index in [-0.39, 0.29) is 12.0 Å². The Morgan fingerprint density at radius 3 is 2.39 bits per heavy atom. The molecule has 4 nitrogen and oxygen atoms in total. The zero-order valence-corrected chi connectivity index (χ0v) is 11.1. The van der Waals surface area contributed by atoms with Crippen molar-refractivity contribution in [2.75, 3.05) is 13.1 Å². The fourth-order valence-electron chi connectivity index (χ4n) is 2.27. The lowest BCUT2D eigenvalue weighted by Crippen LogP contribution is -2.36. The summed E-state index contributed by atoms with van der Waals surface area (Å²) >= 11 is 5.87. The molecule has 0 amide bonds. The van der Waals surface area contributed by atoms with Crippen molar-refractivity contribution in [1.29, 1.82) is 0 Å². The van der Waals surface area contributed by atoms with Crippen LogP contribution in [0, 0.1) is 0 Å². The molecule has 0 atom stereocenters. The monoisotopic (exact) mass is 266 g/mol. The third-order valence-corrected chi connectivity index (χ3v) is 3.46. The van der Waals surface area contributed by atoms with Gasteiger partial charge < -0.3 is 11.5 Å². The van der Waals surface area contributed by atoms with Gasteiger partial charge in [0.1, 0.15) is 0 Å². The molecule has 1 fully saturated rings. The highest BCUT2D eigenvalue weighted by atomic mass is 35.5. The summed E-state index contributed by atoms with van der Waals surface area (Å²) in [6, 6.07) is 8.30. The van der Waals surface area contributed by atoms with E-state index in [4.69, 9.17) is 23.1 Å². The zero-order chi connectivity index (χ0) is 13.0. The minimum atomic E-state index is 0.200. The molecular formula is C13H19ClN4. The van der Waals surface area contributed by atoms with Gasteiger partial charge in [-0.2, -0.15) is 0 Å². The number of piperidine rings is 1. The molecule has 1 saturated heterocycles. The van der Waals surface area contributed by atoms with Gasteiger partial charge in [0.25, 0.3) is 0 Å². The van der Waals surface area contributed by atoms with E-state index in [1.807, 2.05) is 12.1 Å². The predicted molar refractivity (Wildman–Crippen MR) is 75.6 cm³/mol. The summed E-state index contributed by atoms with van der Waals surface area (Å²) < 4.78 is 0. The lowest BCUT2D eigenvalue weighted by atomic mass is 10.0. The van der Waals surface area contributed by atoms with Crippen LogP contribution in [0.4, 0.5) is 0 Å². The van der Waals surface area contributed by atoms with E-state index < -0.39 is 0 Å². The van der Waals surface area contributed by atoms with Crippen molar-refractivity contribution in [3.05, 3.63) is 34.9 Å². The van der Waals surface area contributed by atoms with Crippen LogP contribution in [0.25, 0.3) is 0 Å². The Morgan fingerprint density at radius 1 is 1.22 bits per heavy atom. The Hall–Kier alpha value is -1.26. The smallest absolute Gasteiger partial charge is 0.186 e. The van der Waals surface area contributed by atoms with Crippen LogP contribution in [0.5, 0.6) is 0 Å². The van der Waals surface area contributed by atoms with Gasteiger partial charge >= 0.3 is 0 Å². The van der Waals surface area contributed by atoms with Crippen molar-refractivity contribution in [3.8, 4) is 0 Å². The summed E-state index contributed by atoms with van der Waals surface area (Å²) in [5, 5.41) is 0.783. The summed E-state index contributed by atoms with van der Waals surface area (Å²) in [4.78, 5) is 6.64. The minimum absolute atomic E-state index is 0.200. The van der Waals surface area contributed by atoms with E-state index in [1.165, 1.54) is 5.56 Å². The molecule has 1 heterocycles. The van der Waals surface area contributed by atoms with Crippen molar-refractivity contribution >= 4 is 17.6 Å². The molecule has 1 aliphatic heterocycles. The highest BCUT2D eigenvalue weighted by Gasteiger charge is 2.18. The van der Waals surface area contributed by atoms with Crippen LogP contribution < -0.4 is 11.5 Å². The van der Waals surface area contributed by atoms with Crippen LogP contribution in [-0.4, -0.2) is 30.0 Å². The SMILES string of the molecule is NC(N)=NC1CCN(Cc2ccc(Cl)cc2)CC1. The van der Waals surface area contributed by atoms with E-state index in [2.05, 4.69) is 22.0 Å². The van der Waals surface area contributed by atoms with Gasteiger partial charge in [0.15, 0.2) is 5.96 Å². The van der Waals surface area contributed by atoms with Crippen LogP contribution >= 0.6 is 11.6 Å². The lowest BCUT2D eigenvalue weighted by molar-refractivity contribution is 0.206. The Bertz CT molecular complexity index is 404. The number of rotatable bonds is 3. The van der Waals surface area contributed by atoms with Crippen LogP contribution in [0.1, 0.15) is 18.4 Å². The second kappa shape index (κ2) is 6.07. The zero-order valence-electron chi connectivity index (χ0n) is 10.3. The third kappa shape index (κ3) is 3.89. The fraction of sp³-hybridized carbons (Fsp3) is 0.462. The molecule has 98 valence electrons. The van der Waals surface area contributed by atoms with E-state index in [0.717, 1.165) is 37.5 Å². The number of aliphatic imine (C=N–C) groups is 1.